The van der Waals surface area contributed by atoms with Crippen LogP contribution in [0.3, 0.4) is 0 Å². The average molecular weight is 216 g/mol. The number of hydrogen-bond donors (Lipinski definition) is 0. The van der Waals surface area contributed by atoms with Crippen LogP contribution in [0.1, 0.15) is 16.8 Å². The Hall–Kier alpha value is -1.35. The fourth-order valence-electron chi connectivity index (χ4n) is 2.87. The van der Waals surface area contributed by atoms with Crippen LogP contribution < -0.4 is 4.90 Å². The summed E-state index contributed by atoms with van der Waals surface area (Å²) in [6.45, 7) is 2.11. The summed E-state index contributed by atoms with van der Waals surface area (Å²) >= 11 is 0. The lowest BCUT2D eigenvalue weighted by Gasteiger charge is -2.55. The summed E-state index contributed by atoms with van der Waals surface area (Å²) in [6.07, 6.45) is 2.27. The molecule has 0 amide bonds. The molecule has 1 aromatic rings. The van der Waals surface area contributed by atoms with Crippen molar-refractivity contribution in [1.29, 1.82) is 0 Å². The highest BCUT2D eigenvalue weighted by atomic mass is 16.1. The van der Waals surface area contributed by atoms with Crippen LogP contribution in [0.15, 0.2) is 24.3 Å². The Labute approximate surface area is 95.7 Å². The first-order valence-electron chi connectivity index (χ1n) is 5.80. The van der Waals surface area contributed by atoms with Gasteiger partial charge in [-0.15, -0.1) is 0 Å². The summed E-state index contributed by atoms with van der Waals surface area (Å²) in [6, 6.07) is 9.23. The van der Waals surface area contributed by atoms with Gasteiger partial charge in [0.1, 0.15) is 0 Å². The molecule has 3 heteroatoms. The molecule has 3 fully saturated rings. The maximum atomic E-state index is 11.0. The van der Waals surface area contributed by atoms with E-state index < -0.39 is 0 Å². The SMILES string of the molecule is CN1C2CC1CN(c1ccccc1C=O)C2. The zero-order valence-corrected chi connectivity index (χ0v) is 9.47. The average Bonchev–Trinajstić information content (AvgIpc) is 2.38. The number of likely N-dealkylation sites (N-methyl/N-ethyl adjacent to an activating group) is 1. The molecule has 3 heterocycles. The van der Waals surface area contributed by atoms with Crippen molar-refractivity contribution in [3.05, 3.63) is 29.8 Å². The van der Waals surface area contributed by atoms with Crippen molar-refractivity contribution in [3.8, 4) is 0 Å². The second kappa shape index (κ2) is 3.59. The molecule has 16 heavy (non-hydrogen) atoms. The van der Waals surface area contributed by atoms with Gasteiger partial charge in [-0.25, -0.2) is 0 Å². The fourth-order valence-corrected chi connectivity index (χ4v) is 2.87. The number of para-hydroxylation sites is 1. The van der Waals surface area contributed by atoms with Crippen molar-refractivity contribution >= 4 is 12.0 Å². The van der Waals surface area contributed by atoms with E-state index in [1.807, 2.05) is 18.2 Å². The molecule has 1 aromatic carbocycles. The molecular weight excluding hydrogens is 200 g/mol. The van der Waals surface area contributed by atoms with Gasteiger partial charge in [-0.1, -0.05) is 12.1 Å². The Kier molecular flexibility index (Phi) is 2.21. The zero-order valence-electron chi connectivity index (χ0n) is 9.47. The van der Waals surface area contributed by atoms with E-state index in [9.17, 15) is 4.79 Å². The Morgan fingerprint density at radius 2 is 1.94 bits per heavy atom. The molecule has 2 unspecified atom stereocenters. The normalized spacial score (nSPS) is 28.7. The Morgan fingerprint density at radius 3 is 2.56 bits per heavy atom. The quantitative estimate of drug-likeness (QED) is 0.698. The topological polar surface area (TPSA) is 23.6 Å². The van der Waals surface area contributed by atoms with E-state index in [4.69, 9.17) is 0 Å². The molecule has 3 nitrogen and oxygen atoms in total. The molecule has 3 aliphatic heterocycles. The third-order valence-corrected chi connectivity index (χ3v) is 3.96. The molecule has 0 aliphatic carbocycles. The van der Waals surface area contributed by atoms with Crippen molar-refractivity contribution in [2.75, 3.05) is 25.0 Å². The molecule has 0 spiro atoms. The van der Waals surface area contributed by atoms with Crippen molar-refractivity contribution < 1.29 is 4.79 Å². The van der Waals surface area contributed by atoms with Gasteiger partial charge in [0.2, 0.25) is 0 Å². The first-order chi connectivity index (χ1) is 7.79. The number of rotatable bonds is 2. The number of piperazine rings is 1. The molecule has 3 saturated heterocycles. The Morgan fingerprint density at radius 1 is 1.25 bits per heavy atom. The first-order valence-corrected chi connectivity index (χ1v) is 5.80. The summed E-state index contributed by atoms with van der Waals surface area (Å²) in [7, 11) is 2.20. The second-order valence-electron chi connectivity index (χ2n) is 4.79. The van der Waals surface area contributed by atoms with Gasteiger partial charge in [0.15, 0.2) is 6.29 Å². The van der Waals surface area contributed by atoms with Crippen molar-refractivity contribution in [2.45, 2.75) is 18.5 Å². The van der Waals surface area contributed by atoms with E-state index in [1.165, 1.54) is 6.42 Å². The van der Waals surface area contributed by atoms with Crippen LogP contribution in [0.4, 0.5) is 5.69 Å². The maximum Gasteiger partial charge on any atom is 0.152 e. The molecular formula is C13H16N2O. The van der Waals surface area contributed by atoms with E-state index in [0.717, 1.165) is 30.6 Å². The number of carbonyl (C=O) groups excluding carboxylic acids is 1. The summed E-state index contributed by atoms with van der Waals surface area (Å²) in [5, 5.41) is 0. The van der Waals surface area contributed by atoms with Gasteiger partial charge in [0.05, 0.1) is 0 Å². The number of carbonyl (C=O) groups is 1. The van der Waals surface area contributed by atoms with Crippen LogP contribution in [0.5, 0.6) is 0 Å². The smallest absolute Gasteiger partial charge is 0.152 e. The fraction of sp³-hybridized carbons (Fsp3) is 0.462. The van der Waals surface area contributed by atoms with Gasteiger partial charge < -0.3 is 4.90 Å². The van der Waals surface area contributed by atoms with Gasteiger partial charge in [-0.05, 0) is 25.6 Å². The molecule has 2 atom stereocenters. The lowest BCUT2D eigenvalue weighted by atomic mass is 9.88. The minimum absolute atomic E-state index is 0.679. The lowest BCUT2D eigenvalue weighted by Crippen LogP contribution is -2.67. The summed E-state index contributed by atoms with van der Waals surface area (Å²) in [5.41, 5.74) is 1.91. The van der Waals surface area contributed by atoms with Gasteiger partial charge in [0.25, 0.3) is 0 Å². The molecule has 0 N–H and O–H groups in total. The van der Waals surface area contributed by atoms with Crippen molar-refractivity contribution in [2.24, 2.45) is 0 Å². The van der Waals surface area contributed by atoms with Crippen LogP contribution in [-0.2, 0) is 0 Å². The van der Waals surface area contributed by atoms with E-state index in [0.29, 0.717) is 12.1 Å². The third kappa shape index (κ3) is 1.35. The highest BCUT2D eigenvalue weighted by Crippen LogP contribution is 2.33. The minimum Gasteiger partial charge on any atom is -0.368 e. The van der Waals surface area contributed by atoms with Gasteiger partial charge in [0, 0.05) is 36.4 Å². The largest absolute Gasteiger partial charge is 0.368 e. The first kappa shape index (κ1) is 9.85. The highest BCUT2D eigenvalue weighted by Gasteiger charge is 2.42. The summed E-state index contributed by atoms with van der Waals surface area (Å²) in [4.78, 5) is 15.8. The molecule has 4 rings (SSSR count). The van der Waals surface area contributed by atoms with E-state index >= 15 is 0 Å². The molecule has 0 radical (unpaired) electrons. The summed E-state index contributed by atoms with van der Waals surface area (Å²) < 4.78 is 0. The van der Waals surface area contributed by atoms with Crippen molar-refractivity contribution in [3.63, 3.8) is 0 Å². The molecule has 2 bridgehead atoms. The molecule has 0 saturated carbocycles. The molecule has 0 aromatic heterocycles. The molecule has 84 valence electrons. The Balaban J connectivity index is 1.86. The molecule has 3 aliphatic rings. The predicted octanol–water partition coefficient (Wildman–Crippen LogP) is 1.39. The second-order valence-corrected chi connectivity index (χ2v) is 4.79. The van der Waals surface area contributed by atoms with E-state index in [-0.39, 0.29) is 0 Å². The highest BCUT2D eigenvalue weighted by molar-refractivity contribution is 5.84. The minimum atomic E-state index is 0.679. The van der Waals surface area contributed by atoms with Crippen LogP contribution >= 0.6 is 0 Å². The number of benzene rings is 1. The monoisotopic (exact) mass is 216 g/mol. The van der Waals surface area contributed by atoms with Gasteiger partial charge >= 0.3 is 0 Å². The number of nitrogens with zero attached hydrogens (tertiary/aromatic N) is 2. The van der Waals surface area contributed by atoms with Gasteiger partial charge in [-0.3, -0.25) is 9.69 Å². The summed E-state index contributed by atoms with van der Waals surface area (Å²) in [5.74, 6) is 0. The number of anilines is 1. The number of fused-ring (bicyclic) bond motifs is 2. The zero-order chi connectivity index (χ0) is 11.1. The number of aldehydes is 1. The number of piperidine rings is 1. The van der Waals surface area contributed by atoms with E-state index in [2.05, 4.69) is 22.9 Å². The van der Waals surface area contributed by atoms with Crippen LogP contribution in [0.25, 0.3) is 0 Å². The Bertz CT molecular complexity index is 406. The lowest BCUT2D eigenvalue weighted by molar-refractivity contribution is 0.0263. The maximum absolute atomic E-state index is 11.0. The van der Waals surface area contributed by atoms with Gasteiger partial charge in [-0.2, -0.15) is 0 Å². The van der Waals surface area contributed by atoms with Crippen molar-refractivity contribution in [1.82, 2.24) is 4.90 Å². The third-order valence-electron chi connectivity index (χ3n) is 3.96. The van der Waals surface area contributed by atoms with Crippen LogP contribution in [0, 0.1) is 0 Å². The van der Waals surface area contributed by atoms with E-state index in [1.54, 1.807) is 0 Å². The number of hydrogen-bond acceptors (Lipinski definition) is 3. The van der Waals surface area contributed by atoms with Crippen LogP contribution in [0.2, 0.25) is 0 Å². The standard InChI is InChI=1S/C13H16N2O/c1-14-11-6-12(14)8-15(7-11)13-5-3-2-4-10(13)9-16/h2-5,9,11-12H,6-8H2,1H3. The predicted molar refractivity (Wildman–Crippen MR) is 64.0 cm³/mol. The van der Waals surface area contributed by atoms with Crippen LogP contribution in [-0.4, -0.2) is 43.4 Å².